The maximum Gasteiger partial charge on any atom is 0.341 e. The van der Waals surface area contributed by atoms with E-state index in [1.807, 2.05) is 0 Å². The van der Waals surface area contributed by atoms with Crippen LogP contribution in [0.25, 0.3) is 0 Å². The zero-order chi connectivity index (χ0) is 13.5. The number of carbonyl (C=O) groups excluding carboxylic acids is 1. The molecule has 1 unspecified atom stereocenters. The molecule has 0 aromatic carbocycles. The van der Waals surface area contributed by atoms with Crippen LogP contribution in [0, 0.1) is 0 Å². The largest absolute Gasteiger partial charge is 0.462 e. The highest BCUT2D eigenvalue weighted by Crippen LogP contribution is 2.13. The van der Waals surface area contributed by atoms with Gasteiger partial charge in [-0.05, 0) is 19.1 Å². The lowest BCUT2D eigenvalue weighted by molar-refractivity contribution is 0.00379. The lowest BCUT2D eigenvalue weighted by Gasteiger charge is -2.13. The molecule has 0 fully saturated rings. The normalized spacial score (nSPS) is 12.3. The van der Waals surface area contributed by atoms with Gasteiger partial charge in [0.05, 0.1) is 6.61 Å². The molecule has 0 aliphatic rings. The van der Waals surface area contributed by atoms with Gasteiger partial charge in [0.25, 0.3) is 6.43 Å². The van der Waals surface area contributed by atoms with Crippen LogP contribution in [0.5, 0.6) is 0 Å². The third kappa shape index (κ3) is 3.92. The van der Waals surface area contributed by atoms with Gasteiger partial charge in [-0.2, -0.15) is 0 Å². The van der Waals surface area contributed by atoms with E-state index in [1.54, 1.807) is 6.92 Å². The number of anilines is 1. The molecular formula is C11H14F2N2O3. The summed E-state index contributed by atoms with van der Waals surface area (Å²) in [7, 11) is 0. The fourth-order valence-electron chi connectivity index (χ4n) is 1.21. The molecule has 1 aromatic heterocycles. The summed E-state index contributed by atoms with van der Waals surface area (Å²) in [5.74, 6) is -0.490. The van der Waals surface area contributed by atoms with Crippen molar-refractivity contribution in [2.45, 2.75) is 19.5 Å². The molecule has 100 valence electrons. The van der Waals surface area contributed by atoms with E-state index in [0.717, 1.165) is 0 Å². The lowest BCUT2D eigenvalue weighted by atomic mass is 10.2. The standard InChI is InChI=1S/C11H14F2N2O3/c1-2-18-11(17)7-4-3-5-14-10(7)15-6-8(16)9(12)13/h3-5,8-9,16H,2,6H2,1H3,(H,14,15). The number of ether oxygens (including phenoxy) is 1. The van der Waals surface area contributed by atoms with Crippen molar-refractivity contribution in [2.24, 2.45) is 0 Å². The molecule has 0 amide bonds. The van der Waals surface area contributed by atoms with Gasteiger partial charge in [-0.25, -0.2) is 18.6 Å². The first-order valence-electron chi connectivity index (χ1n) is 5.38. The first-order valence-corrected chi connectivity index (χ1v) is 5.38. The molecule has 5 nitrogen and oxygen atoms in total. The fourth-order valence-corrected chi connectivity index (χ4v) is 1.21. The van der Waals surface area contributed by atoms with Gasteiger partial charge in [0, 0.05) is 12.7 Å². The molecule has 0 aliphatic carbocycles. The topological polar surface area (TPSA) is 71.5 Å². The Morgan fingerprint density at radius 3 is 2.94 bits per heavy atom. The summed E-state index contributed by atoms with van der Waals surface area (Å²) >= 11 is 0. The van der Waals surface area contributed by atoms with Gasteiger partial charge in [-0.15, -0.1) is 0 Å². The number of pyridine rings is 1. The summed E-state index contributed by atoms with van der Waals surface area (Å²) in [5.41, 5.74) is 0.140. The summed E-state index contributed by atoms with van der Waals surface area (Å²) < 4.78 is 29.0. The number of aliphatic hydroxyl groups is 1. The minimum absolute atomic E-state index is 0.107. The van der Waals surface area contributed by atoms with Crippen LogP contribution in [0.3, 0.4) is 0 Å². The number of esters is 1. The highest BCUT2D eigenvalue weighted by atomic mass is 19.3. The van der Waals surface area contributed by atoms with Crippen molar-refractivity contribution in [2.75, 3.05) is 18.5 Å². The van der Waals surface area contributed by atoms with Crippen molar-refractivity contribution in [1.82, 2.24) is 4.98 Å². The summed E-state index contributed by atoms with van der Waals surface area (Å²) in [6.07, 6.45) is -3.27. The van der Waals surface area contributed by atoms with E-state index in [9.17, 15) is 13.6 Å². The minimum Gasteiger partial charge on any atom is -0.462 e. The number of rotatable bonds is 6. The number of halogens is 2. The second-order valence-corrected chi connectivity index (χ2v) is 3.40. The van der Waals surface area contributed by atoms with Crippen LogP contribution in [-0.4, -0.2) is 41.7 Å². The van der Waals surface area contributed by atoms with Gasteiger partial charge in [0.15, 0.2) is 0 Å². The smallest absolute Gasteiger partial charge is 0.341 e. The van der Waals surface area contributed by atoms with Crippen molar-refractivity contribution < 1.29 is 23.4 Å². The summed E-state index contributed by atoms with van der Waals surface area (Å²) in [5, 5.41) is 11.5. The highest BCUT2D eigenvalue weighted by Gasteiger charge is 2.18. The predicted octanol–water partition coefficient (Wildman–Crippen LogP) is 1.30. The molecule has 0 saturated heterocycles. The number of nitrogens with one attached hydrogen (secondary N) is 1. The van der Waals surface area contributed by atoms with E-state index in [0.29, 0.717) is 0 Å². The van der Waals surface area contributed by atoms with Gasteiger partial charge in [0.2, 0.25) is 0 Å². The Balaban J connectivity index is 2.73. The molecule has 1 atom stereocenters. The van der Waals surface area contributed by atoms with Crippen LogP contribution in [-0.2, 0) is 4.74 Å². The Hall–Kier alpha value is -1.76. The fraction of sp³-hybridized carbons (Fsp3) is 0.455. The van der Waals surface area contributed by atoms with Crippen molar-refractivity contribution in [1.29, 1.82) is 0 Å². The van der Waals surface area contributed by atoms with Gasteiger partial charge < -0.3 is 15.2 Å². The molecule has 0 bridgehead atoms. The second kappa shape index (κ2) is 6.85. The van der Waals surface area contributed by atoms with Crippen LogP contribution in [0.2, 0.25) is 0 Å². The average molecular weight is 260 g/mol. The van der Waals surface area contributed by atoms with E-state index >= 15 is 0 Å². The first-order chi connectivity index (χ1) is 8.56. The molecule has 1 aromatic rings. The number of aliphatic hydroxyl groups excluding tert-OH is 1. The monoisotopic (exact) mass is 260 g/mol. The molecular weight excluding hydrogens is 246 g/mol. The van der Waals surface area contributed by atoms with E-state index in [4.69, 9.17) is 9.84 Å². The maximum atomic E-state index is 12.1. The molecule has 1 heterocycles. The number of hydrogen-bond acceptors (Lipinski definition) is 5. The summed E-state index contributed by atoms with van der Waals surface area (Å²) in [6.45, 7) is 1.45. The number of carbonyl (C=O) groups is 1. The van der Waals surface area contributed by atoms with Crippen molar-refractivity contribution in [3.63, 3.8) is 0 Å². The Bertz CT molecular complexity index is 402. The van der Waals surface area contributed by atoms with Crippen LogP contribution in [0.1, 0.15) is 17.3 Å². The Labute approximate surface area is 103 Å². The predicted molar refractivity (Wildman–Crippen MR) is 60.7 cm³/mol. The minimum atomic E-state index is -2.85. The second-order valence-electron chi connectivity index (χ2n) is 3.40. The highest BCUT2D eigenvalue weighted by molar-refractivity contribution is 5.94. The first kappa shape index (κ1) is 14.3. The van der Waals surface area contributed by atoms with Crippen molar-refractivity contribution in [3.8, 4) is 0 Å². The molecule has 1 rings (SSSR count). The SMILES string of the molecule is CCOC(=O)c1cccnc1NCC(O)C(F)F. The number of hydrogen-bond donors (Lipinski definition) is 2. The number of aromatic nitrogens is 1. The molecule has 0 saturated carbocycles. The van der Waals surface area contributed by atoms with Gasteiger partial charge in [-0.1, -0.05) is 0 Å². The van der Waals surface area contributed by atoms with Crippen LogP contribution < -0.4 is 5.32 Å². The van der Waals surface area contributed by atoms with E-state index < -0.39 is 25.0 Å². The molecule has 0 spiro atoms. The van der Waals surface area contributed by atoms with Crippen LogP contribution in [0.4, 0.5) is 14.6 Å². The maximum absolute atomic E-state index is 12.1. The number of alkyl halides is 2. The lowest BCUT2D eigenvalue weighted by Crippen LogP contribution is -2.27. The van der Waals surface area contributed by atoms with Gasteiger partial charge >= 0.3 is 5.97 Å². The van der Waals surface area contributed by atoms with Gasteiger partial charge in [0.1, 0.15) is 17.5 Å². The molecule has 0 radical (unpaired) electrons. The van der Waals surface area contributed by atoms with E-state index in [1.165, 1.54) is 18.3 Å². The molecule has 7 heteroatoms. The summed E-state index contributed by atoms with van der Waals surface area (Å²) in [6, 6.07) is 2.99. The Morgan fingerprint density at radius 1 is 1.61 bits per heavy atom. The van der Waals surface area contributed by atoms with Crippen LogP contribution in [0.15, 0.2) is 18.3 Å². The summed E-state index contributed by atoms with van der Waals surface area (Å²) in [4.78, 5) is 15.4. The quantitative estimate of drug-likeness (QED) is 0.754. The zero-order valence-electron chi connectivity index (χ0n) is 9.77. The average Bonchev–Trinajstić information content (AvgIpc) is 2.36. The van der Waals surface area contributed by atoms with Crippen LogP contribution >= 0.6 is 0 Å². The number of nitrogens with zero attached hydrogens (tertiary/aromatic N) is 1. The Kier molecular flexibility index (Phi) is 5.44. The van der Waals surface area contributed by atoms with E-state index in [-0.39, 0.29) is 18.0 Å². The Morgan fingerprint density at radius 2 is 2.33 bits per heavy atom. The van der Waals surface area contributed by atoms with E-state index in [2.05, 4.69) is 10.3 Å². The third-order valence-electron chi connectivity index (χ3n) is 2.07. The molecule has 0 aliphatic heterocycles. The zero-order valence-corrected chi connectivity index (χ0v) is 9.77. The third-order valence-corrected chi connectivity index (χ3v) is 2.07. The molecule has 2 N–H and O–H groups in total. The molecule has 18 heavy (non-hydrogen) atoms. The van der Waals surface area contributed by atoms with Crippen molar-refractivity contribution in [3.05, 3.63) is 23.9 Å². The van der Waals surface area contributed by atoms with Gasteiger partial charge in [-0.3, -0.25) is 0 Å². The van der Waals surface area contributed by atoms with Crippen molar-refractivity contribution >= 4 is 11.8 Å².